The zero-order chi connectivity index (χ0) is 22.8. The van der Waals surface area contributed by atoms with Gasteiger partial charge in [-0.2, -0.15) is 0 Å². The predicted octanol–water partition coefficient (Wildman–Crippen LogP) is 3.81. The van der Waals surface area contributed by atoms with Gasteiger partial charge in [-0.25, -0.2) is 9.97 Å². The molecule has 0 radical (unpaired) electrons. The summed E-state index contributed by atoms with van der Waals surface area (Å²) in [6, 6.07) is 21.0. The molecule has 0 atom stereocenters. The van der Waals surface area contributed by atoms with E-state index in [-0.39, 0.29) is 11.6 Å². The Hall–Kier alpha value is -4.00. The molecule has 0 unspecified atom stereocenters. The number of aromatic nitrogens is 3. The highest BCUT2D eigenvalue weighted by atomic mass is 16.5. The Morgan fingerprint density at radius 2 is 1.70 bits per heavy atom. The van der Waals surface area contributed by atoms with Crippen molar-refractivity contribution in [3.63, 3.8) is 0 Å². The maximum Gasteiger partial charge on any atom is 0.288 e. The smallest absolute Gasteiger partial charge is 0.288 e. The standard InChI is InChI=1S/C26H24N4O3/c1-33-22-12-6-5-11-21(22)30-24-20(10-7-15-27-24)28-23(26(30)32)25(31)29-16-13-19(14-17-29)18-8-3-2-4-9-18/h2-12,15,19H,13-14,16-17H2,1H3. The average molecular weight is 441 g/mol. The Balaban J connectivity index is 1.52. The van der Waals surface area contributed by atoms with Gasteiger partial charge >= 0.3 is 0 Å². The first-order chi connectivity index (χ1) is 16.2. The van der Waals surface area contributed by atoms with Crippen LogP contribution >= 0.6 is 0 Å². The van der Waals surface area contributed by atoms with Crippen LogP contribution in [0.1, 0.15) is 34.8 Å². The number of pyridine rings is 1. The number of hydrogen-bond donors (Lipinski definition) is 0. The Labute approximate surface area is 191 Å². The van der Waals surface area contributed by atoms with Crippen molar-refractivity contribution in [1.82, 2.24) is 19.4 Å². The highest BCUT2D eigenvalue weighted by Crippen LogP contribution is 2.28. The van der Waals surface area contributed by atoms with Gasteiger partial charge in [-0.05, 0) is 48.6 Å². The summed E-state index contributed by atoms with van der Waals surface area (Å²) >= 11 is 0. The monoisotopic (exact) mass is 440 g/mol. The largest absolute Gasteiger partial charge is 0.495 e. The fourth-order valence-corrected chi connectivity index (χ4v) is 4.49. The molecule has 2 aromatic carbocycles. The summed E-state index contributed by atoms with van der Waals surface area (Å²) in [5, 5.41) is 0. The maximum absolute atomic E-state index is 13.6. The first-order valence-electron chi connectivity index (χ1n) is 11.0. The van der Waals surface area contributed by atoms with Gasteiger partial charge in [-0.15, -0.1) is 0 Å². The number of methoxy groups -OCH3 is 1. The predicted molar refractivity (Wildman–Crippen MR) is 126 cm³/mol. The summed E-state index contributed by atoms with van der Waals surface area (Å²) in [4.78, 5) is 37.6. The van der Waals surface area contributed by atoms with E-state index in [0.717, 1.165) is 12.8 Å². The number of benzene rings is 2. The summed E-state index contributed by atoms with van der Waals surface area (Å²) < 4.78 is 6.89. The molecule has 0 aliphatic carbocycles. The average Bonchev–Trinajstić information content (AvgIpc) is 2.88. The summed E-state index contributed by atoms with van der Waals surface area (Å²) in [7, 11) is 1.55. The van der Waals surface area contributed by atoms with Crippen LogP contribution in [0.2, 0.25) is 0 Å². The van der Waals surface area contributed by atoms with E-state index in [2.05, 4.69) is 22.1 Å². The van der Waals surface area contributed by atoms with Gasteiger partial charge < -0.3 is 9.64 Å². The first kappa shape index (κ1) is 20.9. The van der Waals surface area contributed by atoms with E-state index in [1.807, 2.05) is 30.3 Å². The lowest BCUT2D eigenvalue weighted by Crippen LogP contribution is -2.42. The molecule has 1 amide bonds. The molecule has 2 aromatic heterocycles. The molecular formula is C26H24N4O3. The summed E-state index contributed by atoms with van der Waals surface area (Å²) in [6.07, 6.45) is 3.31. The molecule has 1 aliphatic rings. The zero-order valence-electron chi connectivity index (χ0n) is 18.3. The molecule has 1 aliphatic heterocycles. The number of ether oxygens (including phenoxy) is 1. The van der Waals surface area contributed by atoms with E-state index in [4.69, 9.17) is 4.74 Å². The van der Waals surface area contributed by atoms with Crippen molar-refractivity contribution in [3.05, 3.63) is 94.5 Å². The number of hydrogen-bond acceptors (Lipinski definition) is 5. The van der Waals surface area contributed by atoms with Gasteiger partial charge in [-0.1, -0.05) is 42.5 Å². The topological polar surface area (TPSA) is 77.3 Å². The molecule has 5 rings (SSSR count). The van der Waals surface area contributed by atoms with Crippen LogP contribution in [0.15, 0.2) is 77.7 Å². The molecule has 33 heavy (non-hydrogen) atoms. The van der Waals surface area contributed by atoms with Crippen LogP contribution in [0.4, 0.5) is 0 Å². The number of likely N-dealkylation sites (tertiary alicyclic amines) is 1. The molecule has 3 heterocycles. The van der Waals surface area contributed by atoms with Crippen LogP contribution < -0.4 is 10.3 Å². The van der Waals surface area contributed by atoms with Crippen molar-refractivity contribution in [2.45, 2.75) is 18.8 Å². The number of amides is 1. The van der Waals surface area contributed by atoms with Crippen molar-refractivity contribution >= 4 is 17.1 Å². The first-order valence-corrected chi connectivity index (χ1v) is 11.0. The van der Waals surface area contributed by atoms with Crippen molar-refractivity contribution in [3.8, 4) is 11.4 Å². The Morgan fingerprint density at radius 3 is 2.45 bits per heavy atom. The van der Waals surface area contributed by atoms with Crippen molar-refractivity contribution in [1.29, 1.82) is 0 Å². The van der Waals surface area contributed by atoms with Crippen LogP contribution in [-0.4, -0.2) is 45.5 Å². The van der Waals surface area contributed by atoms with E-state index in [1.54, 1.807) is 42.5 Å². The molecule has 166 valence electrons. The van der Waals surface area contributed by atoms with Gasteiger partial charge in [0.05, 0.1) is 12.8 Å². The lowest BCUT2D eigenvalue weighted by Gasteiger charge is -2.32. The normalized spacial score (nSPS) is 14.4. The van der Waals surface area contributed by atoms with Gasteiger partial charge in [0.1, 0.15) is 11.3 Å². The minimum Gasteiger partial charge on any atom is -0.495 e. The van der Waals surface area contributed by atoms with Crippen molar-refractivity contribution in [2.75, 3.05) is 20.2 Å². The van der Waals surface area contributed by atoms with E-state index in [1.165, 1.54) is 10.1 Å². The van der Waals surface area contributed by atoms with E-state index in [9.17, 15) is 9.59 Å². The molecule has 0 bridgehead atoms. The summed E-state index contributed by atoms with van der Waals surface area (Å²) in [5.41, 5.74) is 2.07. The van der Waals surface area contributed by atoms with E-state index in [0.29, 0.717) is 41.6 Å². The second-order valence-electron chi connectivity index (χ2n) is 8.10. The van der Waals surface area contributed by atoms with Crippen LogP contribution in [0.3, 0.4) is 0 Å². The van der Waals surface area contributed by atoms with Crippen LogP contribution in [0.5, 0.6) is 5.75 Å². The van der Waals surface area contributed by atoms with Crippen LogP contribution in [0, 0.1) is 0 Å². The molecule has 4 aromatic rings. The Bertz CT molecular complexity index is 1360. The molecule has 0 saturated carbocycles. The van der Waals surface area contributed by atoms with Gasteiger partial charge in [0.25, 0.3) is 11.5 Å². The van der Waals surface area contributed by atoms with Gasteiger partial charge in [-0.3, -0.25) is 14.2 Å². The quantitative estimate of drug-likeness (QED) is 0.482. The minimum atomic E-state index is -0.499. The zero-order valence-corrected chi connectivity index (χ0v) is 18.3. The van der Waals surface area contributed by atoms with E-state index < -0.39 is 5.56 Å². The minimum absolute atomic E-state index is 0.0976. The van der Waals surface area contributed by atoms with E-state index >= 15 is 0 Å². The summed E-state index contributed by atoms with van der Waals surface area (Å²) in [6.45, 7) is 1.17. The number of carbonyl (C=O) groups is 1. The summed E-state index contributed by atoms with van der Waals surface area (Å²) in [5.74, 6) is 0.579. The number of fused-ring (bicyclic) bond motifs is 1. The molecule has 7 heteroatoms. The van der Waals surface area contributed by atoms with Crippen molar-refractivity contribution in [2.24, 2.45) is 0 Å². The SMILES string of the molecule is COc1ccccc1-n1c(=O)c(C(=O)N2CCC(c3ccccc3)CC2)nc2cccnc21. The fraction of sp³-hybridized carbons (Fsp3) is 0.231. The molecular weight excluding hydrogens is 416 g/mol. The molecule has 1 fully saturated rings. The van der Waals surface area contributed by atoms with Crippen LogP contribution in [0.25, 0.3) is 16.9 Å². The Morgan fingerprint density at radius 1 is 0.970 bits per heavy atom. The Kier molecular flexibility index (Phi) is 5.60. The second kappa shape index (κ2) is 8.86. The lowest BCUT2D eigenvalue weighted by molar-refractivity contribution is 0.0705. The highest BCUT2D eigenvalue weighted by molar-refractivity contribution is 5.94. The molecule has 0 spiro atoms. The number of nitrogens with zero attached hydrogens (tertiary/aromatic N) is 4. The van der Waals surface area contributed by atoms with Crippen LogP contribution in [-0.2, 0) is 0 Å². The van der Waals surface area contributed by atoms with Crippen molar-refractivity contribution < 1.29 is 9.53 Å². The maximum atomic E-state index is 13.6. The molecule has 0 N–H and O–H groups in total. The number of rotatable bonds is 4. The van der Waals surface area contributed by atoms with Gasteiger partial charge in [0.15, 0.2) is 11.3 Å². The lowest BCUT2D eigenvalue weighted by atomic mass is 9.89. The highest BCUT2D eigenvalue weighted by Gasteiger charge is 2.28. The third-order valence-electron chi connectivity index (χ3n) is 6.20. The van der Waals surface area contributed by atoms with Gasteiger partial charge in [0, 0.05) is 19.3 Å². The number of para-hydroxylation sites is 2. The number of carbonyl (C=O) groups excluding carboxylic acids is 1. The van der Waals surface area contributed by atoms with Gasteiger partial charge in [0.2, 0.25) is 0 Å². The fourth-order valence-electron chi connectivity index (χ4n) is 4.49. The second-order valence-corrected chi connectivity index (χ2v) is 8.10. The third-order valence-corrected chi connectivity index (χ3v) is 6.20. The molecule has 7 nitrogen and oxygen atoms in total. The molecule has 1 saturated heterocycles. The number of piperidine rings is 1. The third kappa shape index (κ3) is 3.86.